The van der Waals surface area contributed by atoms with Crippen molar-refractivity contribution in [1.29, 1.82) is 0 Å². The molecule has 4 rings (SSSR count). The second-order valence-corrected chi connectivity index (χ2v) is 7.80. The highest BCUT2D eigenvalue weighted by atomic mass is 35.5. The lowest BCUT2D eigenvalue weighted by atomic mass is 9.95. The van der Waals surface area contributed by atoms with Crippen molar-refractivity contribution in [3.8, 4) is 0 Å². The average molecular weight is 377 g/mol. The molecule has 0 N–H and O–H groups in total. The smallest absolute Gasteiger partial charge is 0.131 e. The van der Waals surface area contributed by atoms with Crippen LogP contribution < -0.4 is 0 Å². The first kappa shape index (κ1) is 18.1. The number of aliphatic imine (C=N–C) groups is 1. The molecule has 1 heterocycles. The largest absolute Gasteiger partial charge is 0.352 e. The Morgan fingerprint density at radius 1 is 0.963 bits per heavy atom. The molecule has 0 saturated heterocycles. The van der Waals surface area contributed by atoms with Gasteiger partial charge in [0.25, 0.3) is 0 Å². The van der Waals surface area contributed by atoms with Crippen LogP contribution in [0, 0.1) is 0 Å². The molecule has 27 heavy (non-hydrogen) atoms. The van der Waals surface area contributed by atoms with E-state index in [1.807, 2.05) is 12.1 Å². The van der Waals surface area contributed by atoms with Crippen molar-refractivity contribution in [2.24, 2.45) is 4.99 Å². The van der Waals surface area contributed by atoms with Gasteiger partial charge in [-0.05, 0) is 54.7 Å². The number of rotatable bonds is 5. The van der Waals surface area contributed by atoms with E-state index in [9.17, 15) is 0 Å². The number of fused-ring (bicyclic) bond motifs is 1. The maximum atomic E-state index is 6.65. The van der Waals surface area contributed by atoms with Crippen LogP contribution in [0.1, 0.15) is 30.5 Å². The topological polar surface area (TPSA) is 15.6 Å². The number of amidine groups is 1. The van der Waals surface area contributed by atoms with E-state index in [0.717, 1.165) is 36.8 Å². The van der Waals surface area contributed by atoms with Crippen LogP contribution in [-0.4, -0.2) is 29.9 Å². The molecular weight excluding hydrogens is 352 g/mol. The van der Waals surface area contributed by atoms with Crippen molar-refractivity contribution < 1.29 is 0 Å². The first-order valence-corrected chi connectivity index (χ1v) is 10.1. The van der Waals surface area contributed by atoms with Crippen LogP contribution in [0.5, 0.6) is 0 Å². The Hall–Kier alpha value is -2.32. The molecule has 0 radical (unpaired) electrons. The lowest BCUT2D eigenvalue weighted by Gasteiger charge is -2.26. The molecular formula is C24H25ClN2. The van der Waals surface area contributed by atoms with Crippen molar-refractivity contribution in [3.05, 3.63) is 82.4 Å². The van der Waals surface area contributed by atoms with Gasteiger partial charge in [0, 0.05) is 23.2 Å². The number of aryl methyl sites for hydroxylation is 1. The number of nitrogens with zero attached hydrogens (tertiary/aromatic N) is 2. The first-order chi connectivity index (χ1) is 13.1. The van der Waals surface area contributed by atoms with E-state index < -0.39 is 0 Å². The molecule has 0 aliphatic carbocycles. The molecule has 3 aromatic rings. The van der Waals surface area contributed by atoms with Gasteiger partial charge < -0.3 is 4.90 Å². The van der Waals surface area contributed by atoms with Gasteiger partial charge in [-0.1, -0.05) is 66.2 Å². The molecule has 0 aromatic heterocycles. The highest BCUT2D eigenvalue weighted by Gasteiger charge is 2.23. The predicted molar refractivity (Wildman–Crippen MR) is 116 cm³/mol. The zero-order valence-corrected chi connectivity index (χ0v) is 16.7. The monoisotopic (exact) mass is 376 g/mol. The maximum absolute atomic E-state index is 6.65. The van der Waals surface area contributed by atoms with E-state index in [-0.39, 0.29) is 0 Å². The summed E-state index contributed by atoms with van der Waals surface area (Å²) >= 11 is 6.65. The minimum atomic E-state index is 0.441. The second kappa shape index (κ2) is 7.74. The van der Waals surface area contributed by atoms with Gasteiger partial charge in [0.1, 0.15) is 5.84 Å². The van der Waals surface area contributed by atoms with Crippen molar-refractivity contribution in [1.82, 2.24) is 4.90 Å². The van der Waals surface area contributed by atoms with Gasteiger partial charge in [0.15, 0.2) is 0 Å². The van der Waals surface area contributed by atoms with Crippen molar-refractivity contribution in [2.45, 2.75) is 32.7 Å². The van der Waals surface area contributed by atoms with Gasteiger partial charge in [-0.2, -0.15) is 0 Å². The summed E-state index contributed by atoms with van der Waals surface area (Å²) in [6, 6.07) is 21.8. The molecule has 0 bridgehead atoms. The molecule has 138 valence electrons. The highest BCUT2D eigenvalue weighted by molar-refractivity contribution is 6.32. The van der Waals surface area contributed by atoms with E-state index in [2.05, 4.69) is 67.3 Å². The predicted octanol–water partition coefficient (Wildman–Crippen LogP) is 5.75. The fraction of sp³-hybridized carbons (Fsp3) is 0.292. The average Bonchev–Trinajstić information content (AvgIpc) is 3.17. The molecule has 0 unspecified atom stereocenters. The summed E-state index contributed by atoms with van der Waals surface area (Å²) in [5.74, 6) is 1.10. The van der Waals surface area contributed by atoms with Gasteiger partial charge in [-0.25, -0.2) is 0 Å². The summed E-state index contributed by atoms with van der Waals surface area (Å²) in [7, 11) is 0. The summed E-state index contributed by atoms with van der Waals surface area (Å²) in [5.41, 5.74) is 3.76. The normalized spacial score (nSPS) is 14.2. The van der Waals surface area contributed by atoms with Gasteiger partial charge >= 0.3 is 0 Å². The molecule has 0 spiro atoms. The SMILES string of the molecule is CC(C)N1CCN=C1c1cccc(Cl)c1CCc1cccc2ccccc12. The van der Waals surface area contributed by atoms with Crippen LogP contribution in [0.25, 0.3) is 10.8 Å². The van der Waals surface area contributed by atoms with E-state index >= 15 is 0 Å². The van der Waals surface area contributed by atoms with Crippen LogP contribution in [0.4, 0.5) is 0 Å². The van der Waals surface area contributed by atoms with E-state index in [1.165, 1.54) is 27.5 Å². The standard InChI is InChI=1S/C24H25ClN2/c1-17(2)27-16-15-26-24(27)22-11-6-12-23(25)21(22)14-13-19-9-5-8-18-7-3-4-10-20(18)19/h3-12,17H,13-16H2,1-2H3. The highest BCUT2D eigenvalue weighted by Crippen LogP contribution is 2.27. The molecule has 0 saturated carbocycles. The molecule has 0 fully saturated rings. The zero-order valence-electron chi connectivity index (χ0n) is 16.0. The third-order valence-electron chi connectivity index (χ3n) is 5.38. The van der Waals surface area contributed by atoms with Gasteiger partial charge in [0.05, 0.1) is 6.54 Å². The maximum Gasteiger partial charge on any atom is 0.131 e. The molecule has 3 heteroatoms. The van der Waals surface area contributed by atoms with Crippen molar-refractivity contribution in [2.75, 3.05) is 13.1 Å². The molecule has 2 nitrogen and oxygen atoms in total. The Morgan fingerprint density at radius 2 is 1.74 bits per heavy atom. The summed E-state index contributed by atoms with van der Waals surface area (Å²) < 4.78 is 0. The molecule has 1 aliphatic rings. The molecule has 0 amide bonds. The zero-order chi connectivity index (χ0) is 18.8. The van der Waals surface area contributed by atoms with Gasteiger partial charge in [-0.3, -0.25) is 4.99 Å². The summed E-state index contributed by atoms with van der Waals surface area (Å²) in [6.07, 6.45) is 1.88. The third-order valence-corrected chi connectivity index (χ3v) is 5.74. The number of benzene rings is 3. The van der Waals surface area contributed by atoms with Crippen LogP contribution in [0.2, 0.25) is 5.02 Å². The number of halogens is 1. The molecule has 3 aromatic carbocycles. The minimum absolute atomic E-state index is 0.441. The Labute approximate surface area is 166 Å². The quantitative estimate of drug-likeness (QED) is 0.553. The Kier molecular flexibility index (Phi) is 5.18. The second-order valence-electron chi connectivity index (χ2n) is 7.40. The Balaban J connectivity index is 1.67. The molecule has 0 atom stereocenters. The van der Waals surface area contributed by atoms with Crippen LogP contribution in [0.15, 0.2) is 65.7 Å². The van der Waals surface area contributed by atoms with E-state index in [4.69, 9.17) is 16.6 Å². The Morgan fingerprint density at radius 3 is 2.59 bits per heavy atom. The van der Waals surface area contributed by atoms with Crippen LogP contribution in [-0.2, 0) is 12.8 Å². The number of hydrogen-bond acceptors (Lipinski definition) is 2. The molecule has 1 aliphatic heterocycles. The fourth-order valence-electron chi connectivity index (χ4n) is 4.00. The van der Waals surface area contributed by atoms with Crippen molar-refractivity contribution in [3.63, 3.8) is 0 Å². The van der Waals surface area contributed by atoms with Gasteiger partial charge in [-0.15, -0.1) is 0 Å². The van der Waals surface area contributed by atoms with E-state index in [1.54, 1.807) is 0 Å². The van der Waals surface area contributed by atoms with Crippen LogP contribution >= 0.6 is 11.6 Å². The summed E-state index contributed by atoms with van der Waals surface area (Å²) in [5, 5.41) is 3.46. The summed E-state index contributed by atoms with van der Waals surface area (Å²) in [6.45, 7) is 6.30. The Bertz CT molecular complexity index is 985. The third kappa shape index (κ3) is 3.59. The van der Waals surface area contributed by atoms with Crippen molar-refractivity contribution >= 4 is 28.2 Å². The number of hydrogen-bond donors (Lipinski definition) is 0. The van der Waals surface area contributed by atoms with E-state index in [0.29, 0.717) is 6.04 Å². The lowest BCUT2D eigenvalue weighted by molar-refractivity contribution is 0.381. The lowest BCUT2D eigenvalue weighted by Crippen LogP contribution is -2.35. The van der Waals surface area contributed by atoms with Crippen LogP contribution in [0.3, 0.4) is 0 Å². The fourth-order valence-corrected chi connectivity index (χ4v) is 4.26. The summed E-state index contributed by atoms with van der Waals surface area (Å²) in [4.78, 5) is 7.18. The first-order valence-electron chi connectivity index (χ1n) is 9.70. The minimum Gasteiger partial charge on any atom is -0.352 e. The van der Waals surface area contributed by atoms with Gasteiger partial charge in [0.2, 0.25) is 0 Å².